The van der Waals surface area contributed by atoms with Crippen LogP contribution in [0.3, 0.4) is 0 Å². The lowest BCUT2D eigenvalue weighted by atomic mass is 10.0. The van der Waals surface area contributed by atoms with Gasteiger partial charge in [0.15, 0.2) is 5.88 Å². The number of aromatic hydroxyl groups is 1. The van der Waals surface area contributed by atoms with E-state index in [2.05, 4.69) is 10.3 Å². The first-order chi connectivity index (χ1) is 10.7. The molecule has 2 rings (SSSR count). The van der Waals surface area contributed by atoms with Gasteiger partial charge in [0.2, 0.25) is 0 Å². The fourth-order valence-electron chi connectivity index (χ4n) is 2.25. The highest BCUT2D eigenvalue weighted by molar-refractivity contribution is 5.87. The molecule has 1 aromatic carbocycles. The van der Waals surface area contributed by atoms with Gasteiger partial charge in [0.05, 0.1) is 0 Å². The Kier molecular flexibility index (Phi) is 4.49. The van der Waals surface area contributed by atoms with Crippen LogP contribution in [0.4, 0.5) is 4.79 Å². The van der Waals surface area contributed by atoms with E-state index >= 15 is 0 Å². The summed E-state index contributed by atoms with van der Waals surface area (Å²) in [4.78, 5) is 26.0. The number of carboxylic acids is 1. The van der Waals surface area contributed by atoms with Crippen LogP contribution in [0.1, 0.15) is 26.3 Å². The number of aromatic amines is 1. The molecule has 0 bridgehead atoms. The lowest BCUT2D eigenvalue weighted by Gasteiger charge is -2.22. The van der Waals surface area contributed by atoms with Crippen LogP contribution in [0.5, 0.6) is 5.88 Å². The van der Waals surface area contributed by atoms with Gasteiger partial charge in [-0.15, -0.1) is 0 Å². The van der Waals surface area contributed by atoms with Crippen LogP contribution in [-0.2, 0) is 16.0 Å². The van der Waals surface area contributed by atoms with Crippen molar-refractivity contribution in [3.63, 3.8) is 0 Å². The summed E-state index contributed by atoms with van der Waals surface area (Å²) in [6.45, 7) is 5.07. The summed E-state index contributed by atoms with van der Waals surface area (Å²) in [7, 11) is 0. The molecule has 0 radical (unpaired) electrons. The summed E-state index contributed by atoms with van der Waals surface area (Å²) >= 11 is 0. The van der Waals surface area contributed by atoms with Crippen molar-refractivity contribution in [3.8, 4) is 5.88 Å². The van der Waals surface area contributed by atoms with E-state index in [1.165, 1.54) is 0 Å². The molecule has 124 valence electrons. The molecule has 0 fully saturated rings. The summed E-state index contributed by atoms with van der Waals surface area (Å²) in [5.74, 6) is -1.32. The molecule has 1 unspecified atom stereocenters. The Labute approximate surface area is 133 Å². The smallest absolute Gasteiger partial charge is 0.408 e. The maximum atomic E-state index is 11.8. The monoisotopic (exact) mass is 320 g/mol. The number of carboxylic acid groups (broad SMARTS) is 1. The number of aliphatic carboxylic acids is 1. The standard InChI is InChI=1S/C16H20N2O5/c1-16(2,3)23-15(22)18-12(14(20)21)8-10-9-6-4-5-7-11(9)17-13(10)19/h4-7,12,17,19H,8H2,1-3H3,(H,18,22)(H,20,21). The van der Waals surface area contributed by atoms with Gasteiger partial charge in [-0.25, -0.2) is 9.59 Å². The largest absolute Gasteiger partial charge is 0.494 e. The van der Waals surface area contributed by atoms with Gasteiger partial charge in [0, 0.05) is 22.9 Å². The Morgan fingerprint density at radius 3 is 2.57 bits per heavy atom. The highest BCUT2D eigenvalue weighted by atomic mass is 16.6. The second-order valence-corrected chi connectivity index (χ2v) is 6.24. The molecular weight excluding hydrogens is 300 g/mol. The zero-order chi connectivity index (χ0) is 17.2. The van der Waals surface area contributed by atoms with E-state index in [1.54, 1.807) is 45.0 Å². The molecule has 0 aliphatic heterocycles. The van der Waals surface area contributed by atoms with Crippen LogP contribution < -0.4 is 5.32 Å². The second kappa shape index (κ2) is 6.20. The van der Waals surface area contributed by atoms with E-state index in [0.717, 1.165) is 0 Å². The summed E-state index contributed by atoms with van der Waals surface area (Å²) in [5, 5.41) is 22.3. The van der Waals surface area contributed by atoms with E-state index in [9.17, 15) is 19.8 Å². The molecule has 1 heterocycles. The van der Waals surface area contributed by atoms with Crippen molar-refractivity contribution in [2.45, 2.75) is 38.8 Å². The Morgan fingerprint density at radius 1 is 1.30 bits per heavy atom. The predicted molar refractivity (Wildman–Crippen MR) is 84.5 cm³/mol. The SMILES string of the molecule is CC(C)(C)OC(=O)NC(Cc1c(O)[nH]c2ccccc12)C(=O)O. The van der Waals surface area contributed by atoms with Gasteiger partial charge in [-0.2, -0.15) is 0 Å². The summed E-state index contributed by atoms with van der Waals surface area (Å²) < 4.78 is 5.07. The van der Waals surface area contributed by atoms with Crippen molar-refractivity contribution in [2.24, 2.45) is 0 Å². The van der Waals surface area contributed by atoms with Crippen molar-refractivity contribution in [3.05, 3.63) is 29.8 Å². The number of benzene rings is 1. The number of carbonyl (C=O) groups excluding carboxylic acids is 1. The number of ether oxygens (including phenoxy) is 1. The molecule has 7 nitrogen and oxygen atoms in total. The highest BCUT2D eigenvalue weighted by Crippen LogP contribution is 2.28. The number of hydrogen-bond donors (Lipinski definition) is 4. The Hall–Kier alpha value is -2.70. The number of nitrogens with one attached hydrogen (secondary N) is 2. The van der Waals surface area contributed by atoms with Crippen molar-refractivity contribution in [2.75, 3.05) is 0 Å². The van der Waals surface area contributed by atoms with Crippen LogP contribution in [0.25, 0.3) is 10.9 Å². The third-order valence-corrected chi connectivity index (χ3v) is 3.19. The van der Waals surface area contributed by atoms with E-state index in [4.69, 9.17) is 4.74 Å². The minimum absolute atomic E-state index is 0.0651. The maximum absolute atomic E-state index is 11.8. The van der Waals surface area contributed by atoms with Crippen molar-refractivity contribution >= 4 is 23.0 Å². The Bertz CT molecular complexity index is 730. The molecule has 2 aromatic rings. The molecule has 0 saturated carbocycles. The van der Waals surface area contributed by atoms with Crippen LogP contribution >= 0.6 is 0 Å². The Balaban J connectivity index is 2.20. The number of rotatable bonds is 4. The normalized spacial score (nSPS) is 12.8. The molecule has 0 spiro atoms. The first-order valence-electron chi connectivity index (χ1n) is 7.18. The van der Waals surface area contributed by atoms with Gasteiger partial charge in [-0.1, -0.05) is 18.2 Å². The molecule has 0 saturated heterocycles. The van der Waals surface area contributed by atoms with Gasteiger partial charge in [-0.05, 0) is 26.8 Å². The topological polar surface area (TPSA) is 112 Å². The van der Waals surface area contributed by atoms with Crippen LogP contribution in [-0.4, -0.2) is 38.9 Å². The average molecular weight is 320 g/mol. The molecular formula is C16H20N2O5. The first kappa shape index (κ1) is 16.7. The first-order valence-corrected chi connectivity index (χ1v) is 7.18. The minimum Gasteiger partial charge on any atom is -0.494 e. The number of fused-ring (bicyclic) bond motifs is 1. The van der Waals surface area contributed by atoms with E-state index in [0.29, 0.717) is 16.5 Å². The molecule has 1 amide bonds. The fraction of sp³-hybridized carbons (Fsp3) is 0.375. The summed E-state index contributed by atoms with van der Waals surface area (Å²) in [6.07, 6.45) is -0.881. The van der Waals surface area contributed by atoms with E-state index in [1.807, 2.05) is 0 Å². The number of para-hydroxylation sites is 1. The molecule has 0 aliphatic rings. The van der Waals surface area contributed by atoms with Gasteiger partial charge < -0.3 is 25.3 Å². The summed E-state index contributed by atoms with van der Waals surface area (Å²) in [6, 6.07) is 5.92. The molecule has 1 aromatic heterocycles. The quantitative estimate of drug-likeness (QED) is 0.691. The third-order valence-electron chi connectivity index (χ3n) is 3.19. The van der Waals surface area contributed by atoms with Crippen molar-refractivity contribution in [1.82, 2.24) is 10.3 Å². The molecule has 23 heavy (non-hydrogen) atoms. The molecule has 4 N–H and O–H groups in total. The van der Waals surface area contributed by atoms with Gasteiger partial charge in [-0.3, -0.25) is 0 Å². The zero-order valence-corrected chi connectivity index (χ0v) is 13.2. The number of H-pyrrole nitrogens is 1. The molecule has 0 aliphatic carbocycles. The van der Waals surface area contributed by atoms with Gasteiger partial charge in [0.1, 0.15) is 11.6 Å². The molecule has 7 heteroatoms. The van der Waals surface area contributed by atoms with Crippen LogP contribution in [0.2, 0.25) is 0 Å². The number of hydrogen-bond acceptors (Lipinski definition) is 4. The predicted octanol–water partition coefficient (Wildman–Crippen LogP) is 2.39. The zero-order valence-electron chi connectivity index (χ0n) is 13.2. The third kappa shape index (κ3) is 4.15. The maximum Gasteiger partial charge on any atom is 0.408 e. The number of aromatic nitrogens is 1. The second-order valence-electron chi connectivity index (χ2n) is 6.24. The van der Waals surface area contributed by atoms with Crippen molar-refractivity contribution < 1.29 is 24.5 Å². The number of carbonyl (C=O) groups is 2. The van der Waals surface area contributed by atoms with Gasteiger partial charge >= 0.3 is 12.1 Å². The fourth-order valence-corrected chi connectivity index (χ4v) is 2.25. The van der Waals surface area contributed by atoms with Crippen LogP contribution in [0, 0.1) is 0 Å². The van der Waals surface area contributed by atoms with Gasteiger partial charge in [0.25, 0.3) is 0 Å². The number of amides is 1. The lowest BCUT2D eigenvalue weighted by molar-refractivity contribution is -0.139. The number of alkyl carbamates (subject to hydrolysis) is 1. The highest BCUT2D eigenvalue weighted by Gasteiger charge is 2.26. The lowest BCUT2D eigenvalue weighted by Crippen LogP contribution is -2.44. The average Bonchev–Trinajstić information content (AvgIpc) is 2.72. The van der Waals surface area contributed by atoms with E-state index in [-0.39, 0.29) is 12.3 Å². The minimum atomic E-state index is -1.21. The Morgan fingerprint density at radius 2 is 1.96 bits per heavy atom. The van der Waals surface area contributed by atoms with Crippen molar-refractivity contribution in [1.29, 1.82) is 0 Å². The van der Waals surface area contributed by atoms with E-state index < -0.39 is 23.7 Å². The molecule has 1 atom stereocenters. The van der Waals surface area contributed by atoms with Crippen LogP contribution in [0.15, 0.2) is 24.3 Å². The summed E-state index contributed by atoms with van der Waals surface area (Å²) in [5.41, 5.74) is 0.404.